The number of carbonyl (C=O) groups excluding carboxylic acids is 2. The van der Waals surface area contributed by atoms with Crippen molar-refractivity contribution in [1.29, 1.82) is 0 Å². The second-order valence-corrected chi connectivity index (χ2v) is 7.04. The number of aromatic nitrogens is 3. The number of carbonyl (C=O) groups is 2. The van der Waals surface area contributed by atoms with Crippen molar-refractivity contribution in [3.8, 4) is 0 Å². The Kier molecular flexibility index (Phi) is 5.71. The van der Waals surface area contributed by atoms with Crippen LogP contribution in [-0.2, 0) is 11.3 Å². The van der Waals surface area contributed by atoms with Crippen LogP contribution in [0.25, 0.3) is 0 Å². The smallest absolute Gasteiger partial charge is 0.262 e. The molecule has 7 nitrogen and oxygen atoms in total. The molecule has 0 spiro atoms. The summed E-state index contributed by atoms with van der Waals surface area (Å²) in [5.74, 6) is 0.170. The van der Waals surface area contributed by atoms with E-state index in [1.54, 1.807) is 30.7 Å². The van der Waals surface area contributed by atoms with Crippen molar-refractivity contribution in [2.45, 2.75) is 52.2 Å². The third-order valence-electron chi connectivity index (χ3n) is 3.55. The predicted octanol–water partition coefficient (Wildman–Crippen LogP) is 2.14. The van der Waals surface area contributed by atoms with Gasteiger partial charge in [-0.3, -0.25) is 9.59 Å². The van der Waals surface area contributed by atoms with E-state index in [4.69, 9.17) is 0 Å². The molecule has 0 unspecified atom stereocenters. The summed E-state index contributed by atoms with van der Waals surface area (Å²) in [6, 6.07) is 3.23. The summed E-state index contributed by atoms with van der Waals surface area (Å²) in [5, 5.41) is 11.7. The quantitative estimate of drug-likeness (QED) is 0.801. The van der Waals surface area contributed by atoms with Gasteiger partial charge in [-0.1, -0.05) is 13.0 Å². The Labute approximate surface area is 145 Å². The molecule has 1 atom stereocenters. The fourth-order valence-electron chi connectivity index (χ4n) is 2.24. The molecule has 0 fully saturated rings. The average molecular weight is 349 g/mol. The van der Waals surface area contributed by atoms with Crippen LogP contribution in [0.2, 0.25) is 0 Å². The van der Waals surface area contributed by atoms with Crippen molar-refractivity contribution < 1.29 is 9.59 Å². The van der Waals surface area contributed by atoms with Gasteiger partial charge in [0, 0.05) is 6.54 Å². The van der Waals surface area contributed by atoms with E-state index in [-0.39, 0.29) is 17.9 Å². The zero-order valence-electron chi connectivity index (χ0n) is 14.4. The van der Waals surface area contributed by atoms with Gasteiger partial charge in [0.25, 0.3) is 5.91 Å². The lowest BCUT2D eigenvalue weighted by Crippen LogP contribution is -2.55. The van der Waals surface area contributed by atoms with Crippen LogP contribution in [0.15, 0.2) is 23.8 Å². The molecule has 2 aromatic heterocycles. The molecule has 0 aromatic carbocycles. The molecule has 2 rings (SSSR count). The van der Waals surface area contributed by atoms with Gasteiger partial charge in [0.05, 0.1) is 10.9 Å². The monoisotopic (exact) mass is 349 g/mol. The molecule has 0 bridgehead atoms. The Morgan fingerprint density at radius 1 is 1.42 bits per heavy atom. The largest absolute Gasteiger partial charge is 0.344 e. The van der Waals surface area contributed by atoms with E-state index in [0.717, 1.165) is 13.0 Å². The minimum Gasteiger partial charge on any atom is -0.344 e. The van der Waals surface area contributed by atoms with Gasteiger partial charge in [-0.2, -0.15) is 5.10 Å². The minimum absolute atomic E-state index is 0.257. The fraction of sp³-hybridized carbons (Fsp3) is 0.500. The average Bonchev–Trinajstić information content (AvgIpc) is 3.18. The Balaban J connectivity index is 2.01. The topological polar surface area (TPSA) is 88.9 Å². The lowest BCUT2D eigenvalue weighted by molar-refractivity contribution is -0.126. The Bertz CT molecular complexity index is 693. The van der Waals surface area contributed by atoms with E-state index in [0.29, 0.717) is 10.7 Å². The Hall–Kier alpha value is -2.22. The van der Waals surface area contributed by atoms with Crippen molar-refractivity contribution in [2.24, 2.45) is 0 Å². The zero-order valence-corrected chi connectivity index (χ0v) is 15.2. The second-order valence-electron chi connectivity index (χ2n) is 6.09. The first-order valence-corrected chi connectivity index (χ1v) is 8.77. The van der Waals surface area contributed by atoms with Crippen molar-refractivity contribution >= 4 is 23.2 Å². The number of amides is 2. The van der Waals surface area contributed by atoms with Gasteiger partial charge in [0.2, 0.25) is 5.91 Å². The van der Waals surface area contributed by atoms with Crippen LogP contribution in [0.3, 0.4) is 0 Å². The van der Waals surface area contributed by atoms with E-state index in [2.05, 4.69) is 27.6 Å². The van der Waals surface area contributed by atoms with Gasteiger partial charge in [0.15, 0.2) is 0 Å². The van der Waals surface area contributed by atoms with Crippen molar-refractivity contribution in [2.75, 3.05) is 0 Å². The van der Waals surface area contributed by atoms with Gasteiger partial charge in [0.1, 0.15) is 17.7 Å². The maximum absolute atomic E-state index is 12.6. The predicted molar refractivity (Wildman–Crippen MR) is 92.7 cm³/mol. The first-order chi connectivity index (χ1) is 11.3. The number of hydrogen-bond donors (Lipinski definition) is 2. The molecule has 2 aromatic rings. The van der Waals surface area contributed by atoms with Gasteiger partial charge in [-0.25, -0.2) is 9.67 Å². The summed E-state index contributed by atoms with van der Waals surface area (Å²) in [7, 11) is 0. The molecule has 130 valence electrons. The number of hydrogen-bond acceptors (Lipinski definition) is 5. The van der Waals surface area contributed by atoms with Crippen molar-refractivity contribution in [1.82, 2.24) is 25.4 Å². The number of rotatable bonds is 7. The highest BCUT2D eigenvalue weighted by molar-refractivity contribution is 7.12. The van der Waals surface area contributed by atoms with E-state index in [1.165, 1.54) is 17.7 Å². The normalized spacial score (nSPS) is 12.7. The highest BCUT2D eigenvalue weighted by atomic mass is 32.1. The summed E-state index contributed by atoms with van der Waals surface area (Å²) >= 11 is 1.34. The highest BCUT2D eigenvalue weighted by Gasteiger charge is 2.31. The summed E-state index contributed by atoms with van der Waals surface area (Å²) in [6.45, 7) is 8.01. The Morgan fingerprint density at radius 3 is 2.79 bits per heavy atom. The van der Waals surface area contributed by atoms with Crippen LogP contribution in [-0.4, -0.2) is 32.1 Å². The first kappa shape index (κ1) is 18.1. The van der Waals surface area contributed by atoms with Crippen LogP contribution in [0.1, 0.15) is 55.7 Å². The number of nitrogens with one attached hydrogen (secondary N) is 2. The summed E-state index contributed by atoms with van der Waals surface area (Å²) in [6.07, 6.45) is 2.41. The van der Waals surface area contributed by atoms with Crippen LogP contribution >= 0.6 is 11.3 Å². The molecular weight excluding hydrogens is 326 g/mol. The van der Waals surface area contributed by atoms with Crippen LogP contribution < -0.4 is 10.6 Å². The third kappa shape index (κ3) is 4.19. The minimum atomic E-state index is -1.04. The van der Waals surface area contributed by atoms with Crippen molar-refractivity contribution in [3.63, 3.8) is 0 Å². The lowest BCUT2D eigenvalue weighted by Gasteiger charge is -2.26. The summed E-state index contributed by atoms with van der Waals surface area (Å²) < 4.78 is 1.78. The molecule has 0 saturated heterocycles. The molecular formula is C16H23N5O2S. The molecule has 24 heavy (non-hydrogen) atoms. The van der Waals surface area contributed by atoms with E-state index < -0.39 is 5.54 Å². The molecule has 2 heterocycles. The SMILES string of the molecule is CCCn1ncnc1[C@@H](C)NC(=O)C(C)(C)NC(=O)c1cccs1. The van der Waals surface area contributed by atoms with E-state index in [9.17, 15) is 9.59 Å². The zero-order chi connectivity index (χ0) is 17.7. The van der Waals surface area contributed by atoms with E-state index in [1.807, 2.05) is 12.3 Å². The van der Waals surface area contributed by atoms with Crippen LogP contribution in [0.4, 0.5) is 0 Å². The number of thiophene rings is 1. The van der Waals surface area contributed by atoms with Gasteiger partial charge in [-0.15, -0.1) is 11.3 Å². The molecule has 0 aliphatic heterocycles. The third-order valence-corrected chi connectivity index (χ3v) is 4.42. The maximum atomic E-state index is 12.6. The fourth-order valence-corrected chi connectivity index (χ4v) is 2.86. The highest BCUT2D eigenvalue weighted by Crippen LogP contribution is 2.14. The molecule has 8 heteroatoms. The number of nitrogens with zero attached hydrogens (tertiary/aromatic N) is 3. The van der Waals surface area contributed by atoms with E-state index >= 15 is 0 Å². The molecule has 0 aliphatic carbocycles. The number of aryl methyl sites for hydroxylation is 1. The van der Waals surface area contributed by atoms with Gasteiger partial charge < -0.3 is 10.6 Å². The Morgan fingerprint density at radius 2 is 2.17 bits per heavy atom. The van der Waals surface area contributed by atoms with Crippen LogP contribution in [0.5, 0.6) is 0 Å². The molecule has 0 aliphatic rings. The second kappa shape index (κ2) is 7.57. The summed E-state index contributed by atoms with van der Waals surface area (Å²) in [4.78, 5) is 29.5. The molecule has 2 amide bonds. The standard InChI is InChI=1S/C16H23N5O2S/c1-5-8-21-13(17-10-18-21)11(2)19-15(23)16(3,4)20-14(22)12-7-6-9-24-12/h6-7,9-11H,5,8H2,1-4H3,(H,19,23)(H,20,22)/t11-/m1/s1. The molecule has 0 saturated carbocycles. The van der Waals surface area contributed by atoms with Gasteiger partial charge >= 0.3 is 0 Å². The lowest BCUT2D eigenvalue weighted by atomic mass is 10.0. The van der Waals surface area contributed by atoms with Crippen molar-refractivity contribution in [3.05, 3.63) is 34.5 Å². The van der Waals surface area contributed by atoms with Gasteiger partial charge in [-0.05, 0) is 38.6 Å². The maximum Gasteiger partial charge on any atom is 0.262 e. The molecule has 0 radical (unpaired) electrons. The summed E-state index contributed by atoms with van der Waals surface area (Å²) in [5.41, 5.74) is -1.04. The van der Waals surface area contributed by atoms with Crippen LogP contribution in [0, 0.1) is 0 Å². The first-order valence-electron chi connectivity index (χ1n) is 7.90. The molecule has 2 N–H and O–H groups in total.